The normalized spacial score (nSPS) is 12.9. The van der Waals surface area contributed by atoms with Gasteiger partial charge in [-0.1, -0.05) is 18.2 Å². The number of rotatable bonds is 1. The smallest absolute Gasteiger partial charge is 0.263 e. The van der Waals surface area contributed by atoms with Crippen molar-refractivity contribution in [1.82, 2.24) is 4.98 Å². The second kappa shape index (κ2) is 4.86. The Morgan fingerprint density at radius 1 is 1.11 bits per heavy atom. The zero-order chi connectivity index (χ0) is 13.1. The quantitative estimate of drug-likeness (QED) is 0.780. The van der Waals surface area contributed by atoms with Gasteiger partial charge in [-0.25, -0.2) is 0 Å². The third-order valence-corrected chi connectivity index (χ3v) is 2.84. The van der Waals surface area contributed by atoms with E-state index in [1.807, 2.05) is 24.3 Å². The molecule has 1 aromatic carbocycles. The molecule has 0 unspecified atom stereocenters. The minimum Gasteiger partial charge on any atom is -0.282 e. The van der Waals surface area contributed by atoms with Gasteiger partial charge in [-0.2, -0.15) is 0 Å². The maximum Gasteiger partial charge on any atom is 0.263 e. The first-order chi connectivity index (χ1) is 9.36. The third-order valence-electron chi connectivity index (χ3n) is 2.84. The van der Waals surface area contributed by atoms with Crippen molar-refractivity contribution in [3.8, 4) is 0 Å². The van der Waals surface area contributed by atoms with Gasteiger partial charge in [0.2, 0.25) is 0 Å². The highest BCUT2D eigenvalue weighted by Crippen LogP contribution is 2.23. The molecule has 0 atom stereocenters. The topological polar surface area (TPSA) is 45.6 Å². The molecule has 92 valence electrons. The largest absolute Gasteiger partial charge is 0.282 e. The summed E-state index contributed by atoms with van der Waals surface area (Å²) in [5.41, 5.74) is 2.27. The van der Waals surface area contributed by atoms with Gasteiger partial charge in [0.05, 0.1) is 11.3 Å². The standard InChI is InChI=1S/C15H11N3O/c19-15(13-5-3-7-16-11-13)18-9-8-17-10-12-4-1-2-6-14(12)18/h1-11H. The van der Waals surface area contributed by atoms with Crippen LogP contribution >= 0.6 is 0 Å². The fraction of sp³-hybridized carbons (Fsp3) is 0. The molecule has 0 bridgehead atoms. The van der Waals surface area contributed by atoms with Gasteiger partial charge >= 0.3 is 0 Å². The summed E-state index contributed by atoms with van der Waals surface area (Å²) in [7, 11) is 0. The predicted octanol–water partition coefficient (Wildman–Crippen LogP) is 2.63. The summed E-state index contributed by atoms with van der Waals surface area (Å²) in [4.78, 5) is 22.2. The van der Waals surface area contributed by atoms with Crippen LogP contribution in [0, 0.1) is 0 Å². The molecule has 0 radical (unpaired) electrons. The lowest BCUT2D eigenvalue weighted by atomic mass is 10.1. The summed E-state index contributed by atoms with van der Waals surface area (Å²) in [5.74, 6) is -0.123. The minimum absolute atomic E-state index is 0.123. The van der Waals surface area contributed by atoms with Gasteiger partial charge in [-0.3, -0.25) is 19.7 Å². The number of hydrogen-bond acceptors (Lipinski definition) is 3. The Bertz CT molecular complexity index is 662. The summed E-state index contributed by atoms with van der Waals surface area (Å²) >= 11 is 0. The molecule has 2 aromatic rings. The van der Waals surface area contributed by atoms with Gasteiger partial charge in [0, 0.05) is 36.6 Å². The molecule has 1 aliphatic rings. The van der Waals surface area contributed by atoms with E-state index in [0.717, 1.165) is 11.3 Å². The number of nitrogens with zero attached hydrogens (tertiary/aromatic N) is 3. The first-order valence-electron chi connectivity index (χ1n) is 5.89. The molecule has 1 aromatic heterocycles. The highest BCUT2D eigenvalue weighted by Gasteiger charge is 2.18. The molecule has 0 fully saturated rings. The Hall–Kier alpha value is -2.75. The summed E-state index contributed by atoms with van der Waals surface area (Å²) in [6, 6.07) is 11.1. The van der Waals surface area contributed by atoms with Gasteiger partial charge in [0.1, 0.15) is 0 Å². The van der Waals surface area contributed by atoms with Crippen LogP contribution in [-0.2, 0) is 0 Å². The lowest BCUT2D eigenvalue weighted by Crippen LogP contribution is -2.25. The van der Waals surface area contributed by atoms with Crippen molar-refractivity contribution in [2.45, 2.75) is 0 Å². The Morgan fingerprint density at radius 2 is 2.00 bits per heavy atom. The minimum atomic E-state index is -0.123. The number of benzene rings is 1. The number of anilines is 1. The number of carbonyl (C=O) groups excluding carboxylic acids is 1. The number of pyridine rings is 1. The monoisotopic (exact) mass is 249 g/mol. The molecule has 0 saturated carbocycles. The number of aliphatic imine (C=N–C) groups is 1. The molecule has 0 saturated heterocycles. The first kappa shape index (κ1) is 11.3. The van der Waals surface area contributed by atoms with Crippen LogP contribution in [0.25, 0.3) is 0 Å². The molecule has 4 nitrogen and oxygen atoms in total. The third kappa shape index (κ3) is 2.15. The molecule has 1 amide bonds. The highest BCUT2D eigenvalue weighted by atomic mass is 16.2. The van der Waals surface area contributed by atoms with Crippen molar-refractivity contribution >= 4 is 17.8 Å². The Labute approximate surface area is 110 Å². The predicted molar refractivity (Wildman–Crippen MR) is 74.2 cm³/mol. The van der Waals surface area contributed by atoms with Crippen LogP contribution < -0.4 is 4.90 Å². The summed E-state index contributed by atoms with van der Waals surface area (Å²) in [5, 5.41) is 0. The molecule has 0 N–H and O–H groups in total. The maximum atomic E-state index is 12.5. The van der Waals surface area contributed by atoms with Crippen LogP contribution in [0.2, 0.25) is 0 Å². The maximum absolute atomic E-state index is 12.5. The zero-order valence-electron chi connectivity index (χ0n) is 10.1. The average Bonchev–Trinajstić information content (AvgIpc) is 2.70. The Morgan fingerprint density at radius 3 is 2.84 bits per heavy atom. The molecule has 3 rings (SSSR count). The number of aromatic nitrogens is 1. The fourth-order valence-electron chi connectivity index (χ4n) is 1.93. The van der Waals surface area contributed by atoms with Crippen LogP contribution in [0.1, 0.15) is 15.9 Å². The Balaban J connectivity index is 2.05. The number of carbonyl (C=O) groups is 1. The van der Waals surface area contributed by atoms with E-state index in [-0.39, 0.29) is 5.91 Å². The van der Waals surface area contributed by atoms with Crippen LogP contribution in [0.15, 0.2) is 66.2 Å². The summed E-state index contributed by atoms with van der Waals surface area (Å²) in [6.45, 7) is 0. The van der Waals surface area contributed by atoms with E-state index in [9.17, 15) is 4.79 Å². The van der Waals surface area contributed by atoms with Crippen molar-refractivity contribution < 1.29 is 4.79 Å². The van der Waals surface area contributed by atoms with E-state index in [0.29, 0.717) is 5.56 Å². The summed E-state index contributed by atoms with van der Waals surface area (Å²) < 4.78 is 0. The van der Waals surface area contributed by atoms with E-state index in [2.05, 4.69) is 9.98 Å². The fourth-order valence-corrected chi connectivity index (χ4v) is 1.93. The molecule has 0 spiro atoms. The highest BCUT2D eigenvalue weighted by molar-refractivity contribution is 6.09. The van der Waals surface area contributed by atoms with Crippen molar-refractivity contribution in [2.24, 2.45) is 4.99 Å². The van der Waals surface area contributed by atoms with Crippen molar-refractivity contribution in [3.63, 3.8) is 0 Å². The van der Waals surface area contributed by atoms with Gasteiger partial charge < -0.3 is 0 Å². The van der Waals surface area contributed by atoms with Crippen molar-refractivity contribution in [1.29, 1.82) is 0 Å². The molecule has 19 heavy (non-hydrogen) atoms. The number of para-hydroxylation sites is 1. The first-order valence-corrected chi connectivity index (χ1v) is 5.89. The van der Waals surface area contributed by atoms with Gasteiger partial charge in [0.25, 0.3) is 5.91 Å². The van der Waals surface area contributed by atoms with E-state index in [1.54, 1.807) is 48.0 Å². The Kier molecular flexibility index (Phi) is 2.90. The molecular weight excluding hydrogens is 238 g/mol. The van der Waals surface area contributed by atoms with Crippen molar-refractivity contribution in [2.75, 3.05) is 4.90 Å². The lowest BCUT2D eigenvalue weighted by molar-refractivity contribution is 0.0997. The lowest BCUT2D eigenvalue weighted by Gasteiger charge is -2.19. The van der Waals surface area contributed by atoms with Crippen molar-refractivity contribution in [3.05, 3.63) is 72.3 Å². The zero-order valence-corrected chi connectivity index (χ0v) is 10.1. The number of amides is 1. The molecule has 2 heterocycles. The number of hydrogen-bond donors (Lipinski definition) is 0. The van der Waals surface area contributed by atoms with Crippen LogP contribution in [0.3, 0.4) is 0 Å². The van der Waals surface area contributed by atoms with E-state index < -0.39 is 0 Å². The molecular formula is C15H11N3O. The number of fused-ring (bicyclic) bond motifs is 1. The van der Waals surface area contributed by atoms with Crippen LogP contribution in [-0.4, -0.2) is 17.1 Å². The van der Waals surface area contributed by atoms with E-state index in [4.69, 9.17) is 0 Å². The van der Waals surface area contributed by atoms with Gasteiger partial charge in [0.15, 0.2) is 0 Å². The second-order valence-electron chi connectivity index (χ2n) is 4.05. The second-order valence-corrected chi connectivity index (χ2v) is 4.05. The van der Waals surface area contributed by atoms with Gasteiger partial charge in [-0.15, -0.1) is 0 Å². The van der Waals surface area contributed by atoms with Gasteiger partial charge in [-0.05, 0) is 18.2 Å². The summed E-state index contributed by atoms with van der Waals surface area (Å²) in [6.07, 6.45) is 8.21. The van der Waals surface area contributed by atoms with Crippen LogP contribution in [0.4, 0.5) is 5.69 Å². The molecule has 4 heteroatoms. The SMILES string of the molecule is O=C(c1cccnc1)N1C=CN=Cc2ccccc21. The van der Waals surface area contributed by atoms with E-state index >= 15 is 0 Å². The van der Waals surface area contributed by atoms with E-state index in [1.165, 1.54) is 0 Å². The van der Waals surface area contributed by atoms with Crippen LogP contribution in [0.5, 0.6) is 0 Å². The molecule has 0 aliphatic carbocycles. The average molecular weight is 249 g/mol. The molecule has 1 aliphatic heterocycles.